The van der Waals surface area contributed by atoms with Gasteiger partial charge < -0.3 is 4.42 Å². The second-order valence-electron chi connectivity index (χ2n) is 11.6. The van der Waals surface area contributed by atoms with Crippen LogP contribution in [0.5, 0.6) is 0 Å². The monoisotopic (exact) mass is 601 g/mol. The largest absolute Gasteiger partial charge is 0.456 e. The van der Waals surface area contributed by atoms with Gasteiger partial charge in [-0.15, -0.1) is 0 Å². The van der Waals surface area contributed by atoms with Crippen LogP contribution in [0.2, 0.25) is 0 Å². The van der Waals surface area contributed by atoms with Crippen LogP contribution in [0.3, 0.4) is 0 Å². The zero-order valence-electron chi connectivity index (χ0n) is 25.3. The second kappa shape index (κ2) is 11.2. The maximum Gasteiger partial charge on any atom is 0.164 e. The lowest BCUT2D eigenvalue weighted by atomic mass is 9.97. The standard InChI is InChI=1S/C43H27N3O/c1-4-13-28(14-5-1)31-19-12-20-33(25-31)42-44-41(30-17-8-3-9-18-30)45-43(46-42)36-27-39-40(35-22-11-10-21-34(35)36)37-26-32(23-24-38(37)47-39)29-15-6-2-7-16-29/h1-27H. The Morgan fingerprint density at radius 2 is 0.851 bits per heavy atom. The van der Waals surface area contributed by atoms with Gasteiger partial charge in [0.15, 0.2) is 17.5 Å². The van der Waals surface area contributed by atoms with E-state index in [1.807, 2.05) is 42.5 Å². The molecule has 47 heavy (non-hydrogen) atoms. The van der Waals surface area contributed by atoms with Crippen LogP contribution in [0.1, 0.15) is 0 Å². The summed E-state index contributed by atoms with van der Waals surface area (Å²) in [4.78, 5) is 15.2. The Morgan fingerprint density at radius 1 is 0.319 bits per heavy atom. The van der Waals surface area contributed by atoms with Gasteiger partial charge in [-0.25, -0.2) is 15.0 Å². The number of fused-ring (bicyclic) bond motifs is 5. The van der Waals surface area contributed by atoms with Crippen molar-refractivity contribution in [2.24, 2.45) is 0 Å². The molecule has 220 valence electrons. The fraction of sp³-hybridized carbons (Fsp3) is 0. The normalized spacial score (nSPS) is 11.4. The zero-order chi connectivity index (χ0) is 31.2. The Bertz CT molecular complexity index is 2560. The van der Waals surface area contributed by atoms with E-state index in [-0.39, 0.29) is 0 Å². The van der Waals surface area contributed by atoms with Gasteiger partial charge in [-0.2, -0.15) is 0 Å². The zero-order valence-corrected chi connectivity index (χ0v) is 25.3. The third-order valence-corrected chi connectivity index (χ3v) is 8.72. The van der Waals surface area contributed by atoms with Crippen LogP contribution in [0.15, 0.2) is 168 Å². The highest BCUT2D eigenvalue weighted by atomic mass is 16.3. The maximum atomic E-state index is 6.54. The first kappa shape index (κ1) is 27.0. The van der Waals surface area contributed by atoms with E-state index in [0.29, 0.717) is 17.5 Å². The van der Waals surface area contributed by atoms with E-state index in [4.69, 9.17) is 19.4 Å². The molecule has 0 aliphatic carbocycles. The minimum absolute atomic E-state index is 0.600. The van der Waals surface area contributed by atoms with Crippen LogP contribution >= 0.6 is 0 Å². The molecule has 0 aliphatic heterocycles. The number of hydrogen-bond donors (Lipinski definition) is 0. The summed E-state index contributed by atoms with van der Waals surface area (Å²) < 4.78 is 6.54. The molecule has 9 rings (SSSR count). The van der Waals surface area contributed by atoms with Crippen molar-refractivity contribution in [2.45, 2.75) is 0 Å². The summed E-state index contributed by atoms with van der Waals surface area (Å²) >= 11 is 0. The van der Waals surface area contributed by atoms with Gasteiger partial charge >= 0.3 is 0 Å². The fourth-order valence-corrected chi connectivity index (χ4v) is 6.45. The number of aromatic nitrogens is 3. The average Bonchev–Trinajstić information content (AvgIpc) is 3.53. The van der Waals surface area contributed by atoms with Crippen molar-refractivity contribution in [3.63, 3.8) is 0 Å². The first-order chi connectivity index (χ1) is 23.3. The van der Waals surface area contributed by atoms with Crippen molar-refractivity contribution in [2.75, 3.05) is 0 Å². The summed E-state index contributed by atoms with van der Waals surface area (Å²) in [5.74, 6) is 1.84. The lowest BCUT2D eigenvalue weighted by molar-refractivity contribution is 0.669. The topological polar surface area (TPSA) is 51.8 Å². The molecule has 0 N–H and O–H groups in total. The molecule has 0 saturated carbocycles. The SMILES string of the molecule is c1ccc(-c2cccc(-c3nc(-c4ccccc4)nc(-c4cc5oc6ccc(-c7ccccc7)cc6c5c5ccccc45)n3)c2)cc1. The van der Waals surface area contributed by atoms with Gasteiger partial charge in [0.2, 0.25) is 0 Å². The van der Waals surface area contributed by atoms with Crippen molar-refractivity contribution in [1.82, 2.24) is 15.0 Å². The molecule has 2 heterocycles. The smallest absolute Gasteiger partial charge is 0.164 e. The molecule has 0 radical (unpaired) electrons. The number of furan rings is 1. The molecule has 4 nitrogen and oxygen atoms in total. The van der Waals surface area contributed by atoms with Crippen molar-refractivity contribution < 1.29 is 4.42 Å². The van der Waals surface area contributed by atoms with Gasteiger partial charge in [-0.05, 0) is 57.3 Å². The van der Waals surface area contributed by atoms with Gasteiger partial charge in [0, 0.05) is 27.5 Å². The third-order valence-electron chi connectivity index (χ3n) is 8.72. The van der Waals surface area contributed by atoms with Gasteiger partial charge in [0.05, 0.1) is 0 Å². The van der Waals surface area contributed by atoms with E-state index in [2.05, 4.69) is 121 Å². The quantitative estimate of drug-likeness (QED) is 0.197. The van der Waals surface area contributed by atoms with Crippen molar-refractivity contribution in [1.29, 1.82) is 0 Å². The van der Waals surface area contributed by atoms with Crippen LogP contribution < -0.4 is 0 Å². The van der Waals surface area contributed by atoms with Crippen molar-refractivity contribution in [3.8, 4) is 56.4 Å². The van der Waals surface area contributed by atoms with Gasteiger partial charge in [0.25, 0.3) is 0 Å². The first-order valence-electron chi connectivity index (χ1n) is 15.7. The van der Waals surface area contributed by atoms with Crippen LogP contribution in [0.4, 0.5) is 0 Å². The third kappa shape index (κ3) is 4.84. The number of hydrogen-bond acceptors (Lipinski definition) is 4. The van der Waals surface area contributed by atoms with Crippen LogP contribution in [-0.4, -0.2) is 15.0 Å². The molecule has 0 spiro atoms. The average molecular weight is 602 g/mol. The first-order valence-corrected chi connectivity index (χ1v) is 15.7. The molecule has 7 aromatic carbocycles. The molecule has 9 aromatic rings. The summed E-state index contributed by atoms with van der Waals surface area (Å²) in [6.45, 7) is 0. The van der Waals surface area contributed by atoms with E-state index in [0.717, 1.165) is 66.1 Å². The minimum atomic E-state index is 0.600. The molecule has 0 unspecified atom stereocenters. The number of rotatable bonds is 5. The molecular formula is C43H27N3O. The number of benzene rings is 7. The summed E-state index contributed by atoms with van der Waals surface area (Å²) in [6, 6.07) is 56.3. The van der Waals surface area contributed by atoms with E-state index in [1.165, 1.54) is 5.56 Å². The molecule has 0 fully saturated rings. The van der Waals surface area contributed by atoms with Crippen LogP contribution in [-0.2, 0) is 0 Å². The molecule has 0 saturated heterocycles. The summed E-state index contributed by atoms with van der Waals surface area (Å²) in [5, 5.41) is 4.33. The van der Waals surface area contributed by atoms with Crippen LogP contribution in [0, 0.1) is 0 Å². The van der Waals surface area contributed by atoms with Crippen molar-refractivity contribution in [3.05, 3.63) is 164 Å². The van der Waals surface area contributed by atoms with Crippen molar-refractivity contribution >= 4 is 32.7 Å². The van der Waals surface area contributed by atoms with E-state index < -0.39 is 0 Å². The highest BCUT2D eigenvalue weighted by Crippen LogP contribution is 2.41. The second-order valence-corrected chi connectivity index (χ2v) is 11.6. The minimum Gasteiger partial charge on any atom is -0.456 e. The maximum absolute atomic E-state index is 6.54. The predicted molar refractivity (Wildman–Crippen MR) is 192 cm³/mol. The lowest BCUT2D eigenvalue weighted by Crippen LogP contribution is -2.00. The molecule has 2 aromatic heterocycles. The molecule has 0 atom stereocenters. The van der Waals surface area contributed by atoms with Crippen LogP contribution in [0.25, 0.3) is 89.1 Å². The lowest BCUT2D eigenvalue weighted by Gasteiger charge is -2.11. The number of nitrogens with zero attached hydrogens (tertiary/aromatic N) is 3. The van der Waals surface area contributed by atoms with Gasteiger partial charge in [-0.3, -0.25) is 0 Å². The molecule has 4 heteroatoms. The Kier molecular flexibility index (Phi) is 6.43. The predicted octanol–water partition coefficient (Wildman–Crippen LogP) is 11.3. The Labute approximate surface area is 271 Å². The summed E-state index contributed by atoms with van der Waals surface area (Å²) in [5.41, 5.74) is 8.98. The van der Waals surface area contributed by atoms with E-state index >= 15 is 0 Å². The molecule has 0 aliphatic rings. The summed E-state index contributed by atoms with van der Waals surface area (Å²) in [7, 11) is 0. The highest BCUT2D eigenvalue weighted by molar-refractivity contribution is 6.22. The molecule has 0 amide bonds. The Morgan fingerprint density at radius 3 is 1.55 bits per heavy atom. The van der Waals surface area contributed by atoms with Gasteiger partial charge in [0.1, 0.15) is 11.2 Å². The highest BCUT2D eigenvalue weighted by Gasteiger charge is 2.19. The van der Waals surface area contributed by atoms with E-state index in [1.54, 1.807) is 0 Å². The Hall–Kier alpha value is -6.39. The van der Waals surface area contributed by atoms with E-state index in [9.17, 15) is 0 Å². The summed E-state index contributed by atoms with van der Waals surface area (Å²) in [6.07, 6.45) is 0. The van der Waals surface area contributed by atoms with Gasteiger partial charge in [-0.1, -0.05) is 140 Å². The fourth-order valence-electron chi connectivity index (χ4n) is 6.45. The molecule has 0 bridgehead atoms. The molecular weight excluding hydrogens is 574 g/mol. The Balaban J connectivity index is 1.27.